The summed E-state index contributed by atoms with van der Waals surface area (Å²) < 4.78 is 0. The van der Waals surface area contributed by atoms with Gasteiger partial charge in [0.2, 0.25) is 0 Å². The van der Waals surface area contributed by atoms with Crippen molar-refractivity contribution < 1.29 is 5.11 Å². The van der Waals surface area contributed by atoms with Crippen molar-refractivity contribution in [2.45, 2.75) is 32.9 Å². The van der Waals surface area contributed by atoms with Crippen molar-refractivity contribution in [2.24, 2.45) is 5.92 Å². The third kappa shape index (κ3) is 2.42. The predicted molar refractivity (Wildman–Crippen MR) is 64.0 cm³/mol. The van der Waals surface area contributed by atoms with Crippen LogP contribution in [0.3, 0.4) is 0 Å². The molecule has 1 fully saturated rings. The molecule has 1 aliphatic rings. The highest BCUT2D eigenvalue weighted by atomic mass is 16.3. The van der Waals surface area contributed by atoms with Gasteiger partial charge in [0.25, 0.3) is 0 Å². The zero-order chi connectivity index (χ0) is 11.5. The average molecular weight is 220 g/mol. The summed E-state index contributed by atoms with van der Waals surface area (Å²) in [6.45, 7) is 6.41. The number of hydrogen-bond donors (Lipinski definition) is 1. The second-order valence-electron chi connectivity index (χ2n) is 4.76. The van der Waals surface area contributed by atoms with E-state index in [0.717, 1.165) is 24.5 Å². The van der Waals surface area contributed by atoms with Crippen LogP contribution in [0.15, 0.2) is 18.2 Å². The molecule has 0 spiro atoms. The Morgan fingerprint density at radius 3 is 3.00 bits per heavy atom. The molecule has 0 aromatic carbocycles. The van der Waals surface area contributed by atoms with E-state index in [0.29, 0.717) is 12.0 Å². The van der Waals surface area contributed by atoms with Crippen LogP contribution in [-0.2, 0) is 6.54 Å². The Bertz CT molecular complexity index is 354. The lowest BCUT2D eigenvalue weighted by atomic mass is 10.0. The summed E-state index contributed by atoms with van der Waals surface area (Å²) in [7, 11) is 0. The summed E-state index contributed by atoms with van der Waals surface area (Å²) in [4.78, 5) is 6.85. The van der Waals surface area contributed by atoms with E-state index in [4.69, 9.17) is 0 Å². The van der Waals surface area contributed by atoms with Crippen molar-refractivity contribution in [3.05, 3.63) is 29.6 Å². The highest BCUT2D eigenvalue weighted by molar-refractivity contribution is 5.10. The molecule has 0 bridgehead atoms. The number of nitrogens with zero attached hydrogens (tertiary/aromatic N) is 2. The molecule has 2 unspecified atom stereocenters. The van der Waals surface area contributed by atoms with Gasteiger partial charge in [-0.15, -0.1) is 0 Å². The van der Waals surface area contributed by atoms with Crippen molar-refractivity contribution >= 4 is 0 Å². The summed E-state index contributed by atoms with van der Waals surface area (Å²) in [5.41, 5.74) is 2.16. The molecular formula is C13H20N2O. The van der Waals surface area contributed by atoms with Crippen LogP contribution < -0.4 is 0 Å². The van der Waals surface area contributed by atoms with E-state index in [1.807, 2.05) is 19.1 Å². The van der Waals surface area contributed by atoms with Crippen molar-refractivity contribution in [2.75, 3.05) is 13.2 Å². The van der Waals surface area contributed by atoms with Gasteiger partial charge in [-0.3, -0.25) is 9.88 Å². The van der Waals surface area contributed by atoms with Crippen molar-refractivity contribution in [1.82, 2.24) is 9.88 Å². The van der Waals surface area contributed by atoms with E-state index in [2.05, 4.69) is 22.9 Å². The minimum absolute atomic E-state index is 0.257. The summed E-state index contributed by atoms with van der Waals surface area (Å²) in [5.74, 6) is 0.592. The van der Waals surface area contributed by atoms with Gasteiger partial charge in [0, 0.05) is 18.3 Å². The second-order valence-corrected chi connectivity index (χ2v) is 4.76. The van der Waals surface area contributed by atoms with Crippen LogP contribution in [0.5, 0.6) is 0 Å². The highest BCUT2D eigenvalue weighted by Gasteiger charge is 2.30. The highest BCUT2D eigenvalue weighted by Crippen LogP contribution is 2.24. The van der Waals surface area contributed by atoms with Crippen LogP contribution in [0, 0.1) is 12.8 Å². The van der Waals surface area contributed by atoms with Crippen LogP contribution in [0.4, 0.5) is 0 Å². The molecule has 3 nitrogen and oxygen atoms in total. The molecule has 0 radical (unpaired) electrons. The number of hydrogen-bond acceptors (Lipinski definition) is 3. The number of pyridine rings is 1. The Morgan fingerprint density at radius 2 is 2.31 bits per heavy atom. The summed E-state index contributed by atoms with van der Waals surface area (Å²) in [5, 5.41) is 9.38. The molecule has 16 heavy (non-hydrogen) atoms. The van der Waals surface area contributed by atoms with Crippen LogP contribution in [0.2, 0.25) is 0 Å². The molecule has 1 saturated heterocycles. The molecule has 0 amide bonds. The standard InChI is InChI=1S/C13H20N2O/c1-10-6-7-15(13(10)9-16)8-12-5-3-4-11(2)14-12/h3-5,10,13,16H,6-9H2,1-2H3. The average Bonchev–Trinajstić information content (AvgIpc) is 2.59. The lowest BCUT2D eigenvalue weighted by Crippen LogP contribution is -2.34. The number of aliphatic hydroxyl groups excluding tert-OH is 1. The maximum atomic E-state index is 9.38. The number of rotatable bonds is 3. The van der Waals surface area contributed by atoms with Crippen molar-refractivity contribution in [1.29, 1.82) is 0 Å². The first kappa shape index (κ1) is 11.6. The Balaban J connectivity index is 2.04. The first-order valence-electron chi connectivity index (χ1n) is 5.98. The van der Waals surface area contributed by atoms with Gasteiger partial charge in [-0.05, 0) is 37.9 Å². The van der Waals surface area contributed by atoms with Gasteiger partial charge < -0.3 is 5.11 Å². The first-order valence-corrected chi connectivity index (χ1v) is 5.98. The van der Waals surface area contributed by atoms with E-state index in [1.165, 1.54) is 6.42 Å². The molecule has 2 rings (SSSR count). The minimum Gasteiger partial charge on any atom is -0.395 e. The maximum absolute atomic E-state index is 9.38. The number of aromatic nitrogens is 1. The molecule has 1 aromatic heterocycles. The zero-order valence-corrected chi connectivity index (χ0v) is 10.1. The summed E-state index contributed by atoms with van der Waals surface area (Å²) in [6, 6.07) is 6.43. The lowest BCUT2D eigenvalue weighted by Gasteiger charge is -2.24. The molecule has 3 heteroatoms. The Labute approximate surface area is 97.1 Å². The zero-order valence-electron chi connectivity index (χ0n) is 10.1. The van der Waals surface area contributed by atoms with Gasteiger partial charge in [-0.2, -0.15) is 0 Å². The van der Waals surface area contributed by atoms with Gasteiger partial charge in [0.1, 0.15) is 0 Å². The van der Waals surface area contributed by atoms with E-state index < -0.39 is 0 Å². The molecule has 1 aromatic rings. The number of aliphatic hydroxyl groups is 1. The van der Waals surface area contributed by atoms with Gasteiger partial charge in [0.15, 0.2) is 0 Å². The van der Waals surface area contributed by atoms with Crippen LogP contribution in [0.25, 0.3) is 0 Å². The minimum atomic E-state index is 0.257. The normalized spacial score (nSPS) is 26.2. The topological polar surface area (TPSA) is 36.4 Å². The van der Waals surface area contributed by atoms with E-state index >= 15 is 0 Å². The van der Waals surface area contributed by atoms with Gasteiger partial charge in [-0.25, -0.2) is 0 Å². The fourth-order valence-corrected chi connectivity index (χ4v) is 2.47. The molecule has 1 aliphatic heterocycles. The molecule has 2 heterocycles. The third-order valence-corrected chi connectivity index (χ3v) is 3.50. The van der Waals surface area contributed by atoms with Gasteiger partial charge >= 0.3 is 0 Å². The van der Waals surface area contributed by atoms with Crippen molar-refractivity contribution in [3.8, 4) is 0 Å². The van der Waals surface area contributed by atoms with Gasteiger partial charge in [-0.1, -0.05) is 13.0 Å². The SMILES string of the molecule is Cc1cccc(CN2CCC(C)C2CO)n1. The monoisotopic (exact) mass is 220 g/mol. The van der Waals surface area contributed by atoms with E-state index in [-0.39, 0.29) is 6.61 Å². The second kappa shape index (κ2) is 4.93. The van der Waals surface area contributed by atoms with E-state index in [1.54, 1.807) is 0 Å². The van der Waals surface area contributed by atoms with Crippen molar-refractivity contribution in [3.63, 3.8) is 0 Å². The lowest BCUT2D eigenvalue weighted by molar-refractivity contribution is 0.133. The smallest absolute Gasteiger partial charge is 0.0589 e. The molecule has 0 saturated carbocycles. The largest absolute Gasteiger partial charge is 0.395 e. The number of aryl methyl sites for hydroxylation is 1. The molecule has 0 aliphatic carbocycles. The Hall–Kier alpha value is -0.930. The summed E-state index contributed by atoms with van der Waals surface area (Å²) in [6.07, 6.45) is 1.18. The predicted octanol–water partition coefficient (Wildman–Crippen LogP) is 1.59. The third-order valence-electron chi connectivity index (χ3n) is 3.50. The molecule has 2 atom stereocenters. The van der Waals surface area contributed by atoms with Crippen LogP contribution in [0.1, 0.15) is 24.7 Å². The quantitative estimate of drug-likeness (QED) is 0.840. The summed E-state index contributed by atoms with van der Waals surface area (Å²) >= 11 is 0. The molecular weight excluding hydrogens is 200 g/mol. The van der Waals surface area contributed by atoms with Crippen LogP contribution in [-0.4, -0.2) is 34.2 Å². The fourth-order valence-electron chi connectivity index (χ4n) is 2.47. The molecule has 1 N–H and O–H groups in total. The van der Waals surface area contributed by atoms with Gasteiger partial charge in [0.05, 0.1) is 12.3 Å². The van der Waals surface area contributed by atoms with E-state index in [9.17, 15) is 5.11 Å². The number of likely N-dealkylation sites (tertiary alicyclic amines) is 1. The molecule has 88 valence electrons. The Kier molecular flexibility index (Phi) is 3.56. The van der Waals surface area contributed by atoms with Crippen LogP contribution >= 0.6 is 0 Å². The first-order chi connectivity index (χ1) is 7.70. The fraction of sp³-hybridized carbons (Fsp3) is 0.615. The maximum Gasteiger partial charge on any atom is 0.0589 e. The Morgan fingerprint density at radius 1 is 1.50 bits per heavy atom.